The summed E-state index contributed by atoms with van der Waals surface area (Å²) in [4.78, 5) is 28.5. The molecule has 2 atom stereocenters. The molecule has 7 nitrogen and oxygen atoms in total. The van der Waals surface area contributed by atoms with E-state index in [1.165, 1.54) is 6.07 Å². The fraction of sp³-hybridized carbons (Fsp3) is 0.368. The van der Waals surface area contributed by atoms with Crippen molar-refractivity contribution in [3.05, 3.63) is 59.6 Å². The molecule has 28 heavy (non-hydrogen) atoms. The summed E-state index contributed by atoms with van der Waals surface area (Å²) in [6.45, 7) is 1.45. The van der Waals surface area contributed by atoms with Gasteiger partial charge in [0.25, 0.3) is 5.91 Å². The van der Waals surface area contributed by atoms with Gasteiger partial charge in [-0.3, -0.25) is 9.59 Å². The minimum absolute atomic E-state index is 0.0403. The number of nitrogens with zero attached hydrogens (tertiary/aromatic N) is 2. The normalized spacial score (nSPS) is 22.5. The first-order chi connectivity index (χ1) is 13.5. The van der Waals surface area contributed by atoms with Gasteiger partial charge in [0.05, 0.1) is 12.3 Å². The number of benzene rings is 1. The number of piperazine rings is 1. The summed E-state index contributed by atoms with van der Waals surface area (Å²) in [5, 5.41) is 0. The number of halogens is 2. The molecule has 2 fully saturated rings. The molecule has 1 aromatic heterocycles. The first-order valence-electron chi connectivity index (χ1n) is 9.10. The molecule has 9 heteroatoms. The van der Waals surface area contributed by atoms with Crippen molar-refractivity contribution >= 4 is 11.8 Å². The Bertz CT molecular complexity index is 866. The molecule has 2 unspecified atom stereocenters. The van der Waals surface area contributed by atoms with Crippen molar-refractivity contribution in [1.29, 1.82) is 0 Å². The van der Waals surface area contributed by atoms with Crippen LogP contribution in [0.3, 0.4) is 0 Å². The third-order valence-electron chi connectivity index (χ3n) is 5.13. The van der Waals surface area contributed by atoms with E-state index in [0.29, 0.717) is 32.6 Å². The highest BCUT2D eigenvalue weighted by Gasteiger charge is 2.35. The van der Waals surface area contributed by atoms with Crippen LogP contribution in [0.4, 0.5) is 8.78 Å². The average molecular weight is 390 g/mol. The van der Waals surface area contributed by atoms with Crippen LogP contribution in [0.5, 0.6) is 0 Å². The molecule has 2 saturated heterocycles. The maximum absolute atomic E-state index is 13.4. The quantitative estimate of drug-likeness (QED) is 0.830. The van der Waals surface area contributed by atoms with Crippen LogP contribution in [0.15, 0.2) is 41.0 Å². The number of hydrazine groups is 1. The van der Waals surface area contributed by atoms with E-state index in [4.69, 9.17) is 4.42 Å². The van der Waals surface area contributed by atoms with Crippen molar-refractivity contribution in [3.8, 4) is 0 Å². The Morgan fingerprint density at radius 3 is 2.43 bits per heavy atom. The van der Waals surface area contributed by atoms with Gasteiger partial charge >= 0.3 is 0 Å². The van der Waals surface area contributed by atoms with Crippen LogP contribution < -0.4 is 10.9 Å². The maximum atomic E-state index is 13.4. The summed E-state index contributed by atoms with van der Waals surface area (Å²) >= 11 is 0. The molecule has 0 spiro atoms. The Morgan fingerprint density at radius 1 is 1.00 bits per heavy atom. The highest BCUT2D eigenvalue weighted by Crippen LogP contribution is 2.23. The molecular weight excluding hydrogens is 370 g/mol. The van der Waals surface area contributed by atoms with Gasteiger partial charge in [-0.25, -0.2) is 19.6 Å². The summed E-state index contributed by atoms with van der Waals surface area (Å²) in [6.07, 6.45) is 2.16. The predicted molar refractivity (Wildman–Crippen MR) is 95.0 cm³/mol. The van der Waals surface area contributed by atoms with Gasteiger partial charge in [0.1, 0.15) is 11.8 Å². The summed E-state index contributed by atoms with van der Waals surface area (Å²) in [5.74, 6) is -1.68. The van der Waals surface area contributed by atoms with Crippen LogP contribution in [0.1, 0.15) is 28.6 Å². The van der Waals surface area contributed by atoms with E-state index in [-0.39, 0.29) is 29.5 Å². The monoisotopic (exact) mass is 390 g/mol. The van der Waals surface area contributed by atoms with E-state index >= 15 is 0 Å². The number of carbonyl (C=O) groups is 2. The molecule has 0 radical (unpaired) electrons. The highest BCUT2D eigenvalue weighted by atomic mass is 19.2. The third kappa shape index (κ3) is 3.63. The third-order valence-corrected chi connectivity index (χ3v) is 5.13. The molecule has 0 aliphatic carbocycles. The number of hydrogen-bond donors (Lipinski definition) is 2. The van der Waals surface area contributed by atoms with Gasteiger partial charge in [0.2, 0.25) is 5.91 Å². The summed E-state index contributed by atoms with van der Waals surface area (Å²) in [5.41, 5.74) is 6.17. The van der Waals surface area contributed by atoms with Gasteiger partial charge in [0.15, 0.2) is 11.6 Å². The molecule has 2 aliphatic heterocycles. The second kappa shape index (κ2) is 7.69. The summed E-state index contributed by atoms with van der Waals surface area (Å²) in [7, 11) is 0. The smallest absolute Gasteiger partial charge is 0.254 e. The lowest BCUT2D eigenvalue weighted by Crippen LogP contribution is -2.54. The Kier molecular flexibility index (Phi) is 5.10. The Balaban J connectivity index is 1.32. The molecule has 2 aromatic rings. The Morgan fingerprint density at radius 2 is 1.75 bits per heavy atom. The fourth-order valence-corrected chi connectivity index (χ4v) is 3.56. The molecule has 2 aliphatic rings. The standard InChI is InChI=1S/C19H20F2N4O3/c20-13-4-3-12(10-14(13)21)18(26)24-5-7-25(8-6-24)19(27)16-11-15(22-23-16)17-2-1-9-28-17/h1-4,9-10,15-16,22-23H,5-8,11H2. The molecule has 1 aromatic carbocycles. The zero-order valence-electron chi connectivity index (χ0n) is 15.0. The molecule has 3 heterocycles. The summed E-state index contributed by atoms with van der Waals surface area (Å²) in [6, 6.07) is 6.32. The fourth-order valence-electron chi connectivity index (χ4n) is 3.56. The van der Waals surface area contributed by atoms with Crippen molar-refractivity contribution in [2.75, 3.05) is 26.2 Å². The average Bonchev–Trinajstić information content (AvgIpc) is 3.41. The van der Waals surface area contributed by atoms with Crippen LogP contribution >= 0.6 is 0 Å². The molecule has 4 rings (SSSR count). The second-order valence-electron chi connectivity index (χ2n) is 6.89. The number of carbonyl (C=O) groups excluding carboxylic acids is 2. The van der Waals surface area contributed by atoms with Crippen molar-refractivity contribution in [1.82, 2.24) is 20.7 Å². The summed E-state index contributed by atoms with van der Waals surface area (Å²) < 4.78 is 31.8. The number of rotatable bonds is 3. The van der Waals surface area contributed by atoms with Crippen LogP contribution in [-0.2, 0) is 4.79 Å². The molecule has 0 saturated carbocycles. The number of hydrogen-bond acceptors (Lipinski definition) is 5. The highest BCUT2D eigenvalue weighted by molar-refractivity contribution is 5.94. The zero-order valence-corrected chi connectivity index (χ0v) is 15.0. The SMILES string of the molecule is O=C(c1ccc(F)c(F)c1)N1CCN(C(=O)C2CC(c3ccco3)NN2)CC1. The van der Waals surface area contributed by atoms with Gasteiger partial charge in [0, 0.05) is 31.7 Å². The Hall–Kier alpha value is -2.78. The van der Waals surface area contributed by atoms with E-state index in [2.05, 4.69) is 10.9 Å². The number of furan rings is 1. The largest absolute Gasteiger partial charge is 0.468 e. The van der Waals surface area contributed by atoms with Crippen molar-refractivity contribution in [3.63, 3.8) is 0 Å². The van der Waals surface area contributed by atoms with Crippen LogP contribution in [-0.4, -0.2) is 53.8 Å². The molecule has 2 N–H and O–H groups in total. The Labute approximate surface area is 160 Å². The number of nitrogens with one attached hydrogen (secondary N) is 2. The van der Waals surface area contributed by atoms with E-state index in [1.807, 2.05) is 6.07 Å². The van der Waals surface area contributed by atoms with Gasteiger partial charge in [-0.1, -0.05) is 0 Å². The van der Waals surface area contributed by atoms with Crippen molar-refractivity contribution in [2.24, 2.45) is 0 Å². The zero-order chi connectivity index (χ0) is 19.7. The molecule has 2 amide bonds. The van der Waals surface area contributed by atoms with Crippen molar-refractivity contribution < 1.29 is 22.8 Å². The van der Waals surface area contributed by atoms with E-state index in [1.54, 1.807) is 22.1 Å². The lowest BCUT2D eigenvalue weighted by molar-refractivity contribution is -0.134. The molecule has 148 valence electrons. The van der Waals surface area contributed by atoms with Crippen LogP contribution in [0, 0.1) is 11.6 Å². The van der Waals surface area contributed by atoms with Gasteiger partial charge in [-0.2, -0.15) is 0 Å². The minimum Gasteiger partial charge on any atom is -0.468 e. The van der Waals surface area contributed by atoms with E-state index < -0.39 is 11.6 Å². The van der Waals surface area contributed by atoms with Gasteiger partial charge in [-0.15, -0.1) is 0 Å². The van der Waals surface area contributed by atoms with E-state index in [0.717, 1.165) is 17.9 Å². The minimum atomic E-state index is -1.05. The lowest BCUT2D eigenvalue weighted by Gasteiger charge is -2.35. The van der Waals surface area contributed by atoms with Gasteiger partial charge in [-0.05, 0) is 36.8 Å². The van der Waals surface area contributed by atoms with Crippen molar-refractivity contribution in [2.45, 2.75) is 18.5 Å². The predicted octanol–water partition coefficient (Wildman–Crippen LogP) is 1.45. The van der Waals surface area contributed by atoms with Crippen LogP contribution in [0.2, 0.25) is 0 Å². The molecule has 0 bridgehead atoms. The van der Waals surface area contributed by atoms with Crippen LogP contribution in [0.25, 0.3) is 0 Å². The molecular formula is C19H20F2N4O3. The maximum Gasteiger partial charge on any atom is 0.254 e. The second-order valence-corrected chi connectivity index (χ2v) is 6.89. The number of amides is 2. The topological polar surface area (TPSA) is 77.8 Å². The first-order valence-corrected chi connectivity index (χ1v) is 9.10. The first kappa shape index (κ1) is 18.6. The van der Waals surface area contributed by atoms with Gasteiger partial charge < -0.3 is 14.2 Å². The lowest BCUT2D eigenvalue weighted by atomic mass is 10.1. The van der Waals surface area contributed by atoms with E-state index in [9.17, 15) is 18.4 Å².